The predicted octanol–water partition coefficient (Wildman–Crippen LogP) is -1.32. The average molecular weight is 438 g/mol. The van der Waals surface area contributed by atoms with E-state index in [1.807, 2.05) is 0 Å². The Bertz CT molecular complexity index is 56.1. The van der Waals surface area contributed by atoms with E-state index in [0.717, 1.165) is 4.05 Å². The van der Waals surface area contributed by atoms with Crippen molar-refractivity contribution >= 4 is 43.9 Å². The molecule has 0 rings (SSSR count). The monoisotopic (exact) mass is 438 g/mol. The molecule has 0 amide bonds. The number of hydrogen-bond donors (Lipinski definition) is 1. The average Bonchev–Trinajstić information content (AvgIpc) is 1.68. The van der Waals surface area contributed by atoms with Gasteiger partial charge < -0.3 is 0 Å². The SMILES string of the molecule is C=IC(C)N[I-]I. The van der Waals surface area contributed by atoms with Crippen molar-refractivity contribution in [1.29, 1.82) is 0 Å². The fraction of sp³-hybridized carbons (Fsp3) is 0.667. The van der Waals surface area contributed by atoms with Gasteiger partial charge in [-0.2, -0.15) is 0 Å². The van der Waals surface area contributed by atoms with E-state index < -0.39 is 0 Å². The Morgan fingerprint density at radius 1 is 2.00 bits per heavy atom. The van der Waals surface area contributed by atoms with Gasteiger partial charge in [-0.1, -0.05) is 0 Å². The summed E-state index contributed by atoms with van der Waals surface area (Å²) < 4.78 is 7.98. The van der Waals surface area contributed by atoms with Crippen LogP contribution in [-0.2, 0) is 0 Å². The third-order valence-electron chi connectivity index (χ3n) is 0.423. The van der Waals surface area contributed by atoms with Crippen LogP contribution < -0.4 is 21.0 Å². The Morgan fingerprint density at radius 2 is 2.57 bits per heavy atom. The first-order chi connectivity index (χ1) is 3.31. The van der Waals surface area contributed by atoms with Gasteiger partial charge in [0.25, 0.3) is 0 Å². The normalized spacial score (nSPS) is 14.6. The summed E-state index contributed by atoms with van der Waals surface area (Å²) in [6.45, 7) is 2.21. The zero-order valence-electron chi connectivity index (χ0n) is 3.92. The summed E-state index contributed by atoms with van der Waals surface area (Å²) in [7, 11) is 0. The zero-order valence-corrected chi connectivity index (χ0v) is 10.4. The van der Waals surface area contributed by atoms with Gasteiger partial charge >= 0.3 is 75.9 Å². The first-order valence-electron chi connectivity index (χ1n) is 1.68. The summed E-state index contributed by atoms with van der Waals surface area (Å²) in [5, 5.41) is 0. The van der Waals surface area contributed by atoms with Gasteiger partial charge in [-0.25, -0.2) is 0 Å². The zero-order chi connectivity index (χ0) is 5.70. The molecule has 0 heterocycles. The van der Waals surface area contributed by atoms with Crippen molar-refractivity contribution in [3.8, 4) is 0 Å². The van der Waals surface area contributed by atoms with Crippen molar-refractivity contribution in [2.75, 3.05) is 0 Å². The van der Waals surface area contributed by atoms with Crippen LogP contribution in [0.25, 0.3) is 0 Å². The van der Waals surface area contributed by atoms with E-state index in [9.17, 15) is 0 Å². The van der Waals surface area contributed by atoms with E-state index >= 15 is 0 Å². The number of alkyl halides is 1. The number of hydrogen-bond acceptors (Lipinski definition) is 1. The molecule has 0 aromatic heterocycles. The second-order valence-corrected chi connectivity index (χ2v) is 7.47. The van der Waals surface area contributed by atoms with E-state index in [1.165, 1.54) is 0 Å². The van der Waals surface area contributed by atoms with Gasteiger partial charge in [-0.3, -0.25) is 0 Å². The van der Waals surface area contributed by atoms with Crippen molar-refractivity contribution in [3.05, 3.63) is 0 Å². The number of nitrogens with one attached hydrogen (secondary N) is 1. The summed E-state index contributed by atoms with van der Waals surface area (Å²) in [5.74, 6) is 0. The van der Waals surface area contributed by atoms with Crippen LogP contribution in [0.2, 0.25) is 0 Å². The first-order valence-corrected chi connectivity index (χ1v) is 11.8. The first kappa shape index (κ1) is 9.02. The van der Waals surface area contributed by atoms with Crippen LogP contribution >= 0.6 is 39.3 Å². The minimum atomic E-state index is 0.200. The van der Waals surface area contributed by atoms with Crippen molar-refractivity contribution in [2.45, 2.75) is 11.0 Å². The molecule has 0 aromatic carbocycles. The van der Waals surface area contributed by atoms with Gasteiger partial charge in [-0.15, -0.1) is 0 Å². The molecule has 0 radical (unpaired) electrons. The molecule has 1 atom stereocenters. The van der Waals surface area contributed by atoms with Crippen molar-refractivity contribution in [1.82, 2.24) is 3.53 Å². The standard InChI is InChI=1S/C3H7I3N/c1-3(5-2)7-6-4/h3,7H,2H2,1H3/q-1. The molecule has 0 bridgehead atoms. The van der Waals surface area contributed by atoms with Gasteiger partial charge in [0.2, 0.25) is 0 Å². The molecular formula is C3H7I3N-. The molecular weight excluding hydrogens is 431 g/mol. The van der Waals surface area contributed by atoms with Crippen molar-refractivity contribution < 1.29 is 17.5 Å². The van der Waals surface area contributed by atoms with E-state index in [1.54, 1.807) is 0 Å². The van der Waals surface area contributed by atoms with Crippen LogP contribution in [0.15, 0.2) is 0 Å². The van der Waals surface area contributed by atoms with Crippen LogP contribution in [-0.4, -0.2) is 8.56 Å². The van der Waals surface area contributed by atoms with Crippen LogP contribution in [0.1, 0.15) is 6.92 Å². The van der Waals surface area contributed by atoms with Crippen LogP contribution in [0.4, 0.5) is 0 Å². The van der Waals surface area contributed by atoms with E-state index in [2.05, 4.69) is 33.6 Å². The predicted molar refractivity (Wildman–Crippen MR) is 47.8 cm³/mol. The molecule has 4 heteroatoms. The van der Waals surface area contributed by atoms with Crippen molar-refractivity contribution in [3.63, 3.8) is 0 Å². The summed E-state index contributed by atoms with van der Waals surface area (Å²) in [6, 6.07) is 0. The summed E-state index contributed by atoms with van der Waals surface area (Å²) in [6.07, 6.45) is 0. The maximum atomic E-state index is 3.87. The third kappa shape index (κ3) is 5.90. The Morgan fingerprint density at radius 3 is 2.71 bits per heavy atom. The van der Waals surface area contributed by atoms with Gasteiger partial charge in [0.1, 0.15) is 0 Å². The molecule has 1 N–H and O–H groups in total. The molecule has 0 aromatic rings. The summed E-state index contributed by atoms with van der Waals surface area (Å²) in [5.41, 5.74) is 0. The van der Waals surface area contributed by atoms with Crippen LogP contribution in [0, 0.1) is 0 Å². The van der Waals surface area contributed by atoms with Gasteiger partial charge in [0.05, 0.1) is 0 Å². The van der Waals surface area contributed by atoms with E-state index in [-0.39, 0.29) is 38.2 Å². The molecule has 1 nitrogen and oxygen atoms in total. The van der Waals surface area contributed by atoms with E-state index in [0.29, 0.717) is 0 Å². The Kier molecular flexibility index (Phi) is 7.92. The van der Waals surface area contributed by atoms with E-state index in [4.69, 9.17) is 0 Å². The maximum absolute atomic E-state index is 3.87. The molecule has 0 aliphatic carbocycles. The second-order valence-electron chi connectivity index (χ2n) is 0.951. The molecule has 0 saturated heterocycles. The Hall–Kier alpha value is 2.02. The molecule has 0 saturated carbocycles. The van der Waals surface area contributed by atoms with Crippen LogP contribution in [0.5, 0.6) is 0 Å². The summed E-state index contributed by atoms with van der Waals surface area (Å²) in [4.78, 5) is 0. The molecule has 46 valence electrons. The quantitative estimate of drug-likeness (QED) is 0.250. The number of halogens is 3. The molecule has 0 aliphatic heterocycles. The topological polar surface area (TPSA) is 12.0 Å². The van der Waals surface area contributed by atoms with Gasteiger partial charge in [0, 0.05) is 0 Å². The molecule has 0 fully saturated rings. The fourth-order valence-corrected chi connectivity index (χ4v) is 7.87. The second kappa shape index (κ2) is 6.14. The molecule has 0 spiro atoms. The number of rotatable bonds is 3. The van der Waals surface area contributed by atoms with Crippen molar-refractivity contribution in [2.24, 2.45) is 0 Å². The van der Waals surface area contributed by atoms with Crippen LogP contribution in [0.3, 0.4) is 0 Å². The Labute approximate surface area is 74.6 Å². The fourth-order valence-electron chi connectivity index (χ4n) is 0.0860. The summed E-state index contributed by atoms with van der Waals surface area (Å²) >= 11 is 2.88. The Balaban J connectivity index is 2.98. The van der Waals surface area contributed by atoms with Gasteiger partial charge in [0.15, 0.2) is 0 Å². The minimum absolute atomic E-state index is 0.200. The third-order valence-corrected chi connectivity index (χ3v) is 6.00. The molecule has 7 heavy (non-hydrogen) atoms. The molecule has 1 unspecified atom stereocenters. The molecule has 0 aliphatic rings. The van der Waals surface area contributed by atoms with Gasteiger partial charge in [-0.05, 0) is 0 Å².